The molecule has 0 aliphatic carbocycles. The first kappa shape index (κ1) is 8.52. The van der Waals surface area contributed by atoms with Gasteiger partial charge in [-0.2, -0.15) is 0 Å². The Labute approximate surface area is 74.5 Å². The first-order valence-electron chi connectivity index (χ1n) is 5.22. The predicted molar refractivity (Wildman–Crippen MR) is 48.9 cm³/mol. The van der Waals surface area contributed by atoms with Crippen LogP contribution in [0, 0.1) is 5.92 Å². The molecule has 0 radical (unpaired) electrons. The summed E-state index contributed by atoms with van der Waals surface area (Å²) >= 11 is 0. The first-order valence-corrected chi connectivity index (χ1v) is 5.22. The lowest BCUT2D eigenvalue weighted by Crippen LogP contribution is -2.36. The molecule has 0 saturated carbocycles. The average Bonchev–Trinajstić information content (AvgIpc) is 2.64. The van der Waals surface area contributed by atoms with Crippen molar-refractivity contribution in [3.05, 3.63) is 0 Å². The minimum absolute atomic E-state index is 0.394. The second-order valence-corrected chi connectivity index (χ2v) is 4.23. The van der Waals surface area contributed by atoms with E-state index in [0.29, 0.717) is 24.2 Å². The Kier molecular flexibility index (Phi) is 2.37. The maximum Gasteiger partial charge on any atom is 0.0623 e. The number of hydrogen-bond donors (Lipinski definition) is 1. The average molecular weight is 169 g/mol. The minimum Gasteiger partial charge on any atom is -0.375 e. The van der Waals surface area contributed by atoms with Crippen molar-refractivity contribution >= 4 is 0 Å². The molecule has 2 aliphatic heterocycles. The van der Waals surface area contributed by atoms with Crippen molar-refractivity contribution in [2.75, 3.05) is 0 Å². The van der Waals surface area contributed by atoms with Gasteiger partial charge in [0.15, 0.2) is 0 Å². The van der Waals surface area contributed by atoms with Gasteiger partial charge in [0.25, 0.3) is 0 Å². The molecule has 2 rings (SSSR count). The van der Waals surface area contributed by atoms with E-state index in [1.807, 2.05) is 0 Å². The molecule has 3 unspecified atom stereocenters. The van der Waals surface area contributed by atoms with E-state index in [2.05, 4.69) is 6.92 Å². The molecule has 0 amide bonds. The first-order chi connectivity index (χ1) is 5.81. The lowest BCUT2D eigenvalue weighted by molar-refractivity contribution is 0.0879. The zero-order valence-electron chi connectivity index (χ0n) is 7.83. The molecule has 2 heterocycles. The Bertz CT molecular complexity index is 160. The molecule has 12 heavy (non-hydrogen) atoms. The fraction of sp³-hybridized carbons (Fsp3) is 1.00. The van der Waals surface area contributed by atoms with Crippen molar-refractivity contribution in [3.63, 3.8) is 0 Å². The fourth-order valence-electron chi connectivity index (χ4n) is 2.68. The molecule has 0 spiro atoms. The molecule has 0 aromatic heterocycles. The minimum atomic E-state index is 0.394. The summed E-state index contributed by atoms with van der Waals surface area (Å²) in [6.07, 6.45) is 7.20. The van der Waals surface area contributed by atoms with E-state index in [4.69, 9.17) is 10.5 Å². The second-order valence-electron chi connectivity index (χ2n) is 4.23. The van der Waals surface area contributed by atoms with Gasteiger partial charge in [0.05, 0.1) is 12.2 Å². The van der Waals surface area contributed by atoms with Crippen LogP contribution in [0.4, 0.5) is 0 Å². The summed E-state index contributed by atoms with van der Waals surface area (Å²) in [6.45, 7) is 2.20. The van der Waals surface area contributed by atoms with Crippen LogP contribution in [-0.2, 0) is 4.74 Å². The Balaban J connectivity index is 1.89. The third-order valence-corrected chi connectivity index (χ3v) is 3.32. The highest BCUT2D eigenvalue weighted by molar-refractivity contribution is 4.93. The number of nitrogens with two attached hydrogens (primary N) is 1. The molecule has 2 nitrogen and oxygen atoms in total. The molecule has 2 fully saturated rings. The maximum atomic E-state index is 6.10. The number of hydrogen-bond acceptors (Lipinski definition) is 2. The Hall–Kier alpha value is -0.0800. The Morgan fingerprint density at radius 2 is 2.33 bits per heavy atom. The lowest BCUT2D eigenvalue weighted by Gasteiger charge is -2.24. The van der Waals surface area contributed by atoms with E-state index in [1.165, 1.54) is 25.7 Å². The monoisotopic (exact) mass is 169 g/mol. The van der Waals surface area contributed by atoms with Gasteiger partial charge in [-0.15, -0.1) is 0 Å². The number of ether oxygens (including phenoxy) is 1. The van der Waals surface area contributed by atoms with E-state index >= 15 is 0 Å². The topological polar surface area (TPSA) is 35.2 Å². The summed E-state index contributed by atoms with van der Waals surface area (Å²) in [4.78, 5) is 0. The van der Waals surface area contributed by atoms with Gasteiger partial charge in [-0.1, -0.05) is 13.3 Å². The van der Waals surface area contributed by atoms with Crippen molar-refractivity contribution in [1.29, 1.82) is 0 Å². The zero-order chi connectivity index (χ0) is 8.55. The molecule has 4 atom stereocenters. The van der Waals surface area contributed by atoms with Gasteiger partial charge in [0, 0.05) is 12.0 Å². The van der Waals surface area contributed by atoms with Crippen LogP contribution in [0.3, 0.4) is 0 Å². The van der Waals surface area contributed by atoms with Crippen LogP contribution < -0.4 is 5.73 Å². The highest BCUT2D eigenvalue weighted by Crippen LogP contribution is 2.40. The van der Waals surface area contributed by atoms with Crippen molar-refractivity contribution in [1.82, 2.24) is 0 Å². The predicted octanol–water partition coefficient (Wildman–Crippen LogP) is 1.68. The second kappa shape index (κ2) is 3.35. The van der Waals surface area contributed by atoms with E-state index in [1.54, 1.807) is 0 Å². The van der Waals surface area contributed by atoms with E-state index < -0.39 is 0 Å². The van der Waals surface area contributed by atoms with Crippen molar-refractivity contribution in [2.45, 2.75) is 57.3 Å². The molecule has 70 valence electrons. The van der Waals surface area contributed by atoms with Gasteiger partial charge in [0.1, 0.15) is 0 Å². The maximum absolute atomic E-state index is 6.10. The van der Waals surface area contributed by atoms with Crippen LogP contribution >= 0.6 is 0 Å². The van der Waals surface area contributed by atoms with Gasteiger partial charge in [0.2, 0.25) is 0 Å². The van der Waals surface area contributed by atoms with Crippen LogP contribution in [0.15, 0.2) is 0 Å². The largest absolute Gasteiger partial charge is 0.375 e. The van der Waals surface area contributed by atoms with Gasteiger partial charge in [-0.3, -0.25) is 0 Å². The van der Waals surface area contributed by atoms with Crippen molar-refractivity contribution < 1.29 is 4.74 Å². The van der Waals surface area contributed by atoms with Crippen LogP contribution in [-0.4, -0.2) is 18.2 Å². The van der Waals surface area contributed by atoms with Crippen LogP contribution in [0.5, 0.6) is 0 Å². The Morgan fingerprint density at radius 1 is 1.50 bits per heavy atom. The molecular formula is C10H19NO. The fourth-order valence-corrected chi connectivity index (χ4v) is 2.68. The molecule has 0 aromatic rings. The Morgan fingerprint density at radius 3 is 2.83 bits per heavy atom. The third-order valence-electron chi connectivity index (χ3n) is 3.32. The van der Waals surface area contributed by atoms with E-state index in [-0.39, 0.29) is 0 Å². The molecule has 2 heteroatoms. The van der Waals surface area contributed by atoms with Gasteiger partial charge >= 0.3 is 0 Å². The SMILES string of the molecule is CCC[C@H](N)C1CC2CCC1O2. The van der Waals surface area contributed by atoms with E-state index in [0.717, 1.165) is 6.42 Å². The highest BCUT2D eigenvalue weighted by Gasteiger charge is 2.42. The van der Waals surface area contributed by atoms with Gasteiger partial charge < -0.3 is 10.5 Å². The van der Waals surface area contributed by atoms with Crippen LogP contribution in [0.1, 0.15) is 39.0 Å². The number of fused-ring (bicyclic) bond motifs is 2. The highest BCUT2D eigenvalue weighted by atomic mass is 16.5. The standard InChI is InChI=1S/C10H19NO/c1-2-3-9(11)8-6-7-4-5-10(8)12-7/h7-10H,2-6,11H2,1H3/t7?,8?,9-,10?/m0/s1. The summed E-state index contributed by atoms with van der Waals surface area (Å²) in [5, 5.41) is 0. The molecule has 2 N–H and O–H groups in total. The van der Waals surface area contributed by atoms with Gasteiger partial charge in [-0.05, 0) is 25.7 Å². The van der Waals surface area contributed by atoms with Crippen molar-refractivity contribution in [3.8, 4) is 0 Å². The van der Waals surface area contributed by atoms with E-state index in [9.17, 15) is 0 Å². The smallest absolute Gasteiger partial charge is 0.0623 e. The van der Waals surface area contributed by atoms with Crippen LogP contribution in [0.2, 0.25) is 0 Å². The summed E-state index contributed by atoms with van der Waals surface area (Å²) < 4.78 is 5.77. The number of rotatable bonds is 3. The van der Waals surface area contributed by atoms with Gasteiger partial charge in [-0.25, -0.2) is 0 Å². The zero-order valence-corrected chi connectivity index (χ0v) is 7.83. The molecule has 2 bridgehead atoms. The molecule has 0 aromatic carbocycles. The molecular weight excluding hydrogens is 150 g/mol. The van der Waals surface area contributed by atoms with Crippen LogP contribution in [0.25, 0.3) is 0 Å². The summed E-state index contributed by atoms with van der Waals surface area (Å²) in [7, 11) is 0. The summed E-state index contributed by atoms with van der Waals surface area (Å²) in [5.74, 6) is 0.670. The van der Waals surface area contributed by atoms with Crippen molar-refractivity contribution in [2.24, 2.45) is 11.7 Å². The normalized spacial score (nSPS) is 42.0. The summed E-state index contributed by atoms with van der Waals surface area (Å²) in [5.41, 5.74) is 6.10. The quantitative estimate of drug-likeness (QED) is 0.697. The third kappa shape index (κ3) is 1.38. The summed E-state index contributed by atoms with van der Waals surface area (Å²) in [6, 6.07) is 0.394. The molecule has 2 saturated heterocycles. The molecule has 2 aliphatic rings. The lowest BCUT2D eigenvalue weighted by atomic mass is 9.83.